The predicted molar refractivity (Wildman–Crippen MR) is 153 cm³/mol. The number of rotatable bonds is 11. The highest BCUT2D eigenvalue weighted by molar-refractivity contribution is 7.92. The third kappa shape index (κ3) is 7.60. The third-order valence-electron chi connectivity index (χ3n) is 6.19. The number of nitrogens with zero attached hydrogens (tertiary/aromatic N) is 2. The molecule has 1 atom stereocenters. The molecule has 2 amide bonds. The molecule has 0 bridgehead atoms. The Balaban J connectivity index is 2.06. The summed E-state index contributed by atoms with van der Waals surface area (Å²) in [5, 5.41) is 2.85. The highest BCUT2D eigenvalue weighted by Gasteiger charge is 2.32. The van der Waals surface area contributed by atoms with E-state index < -0.39 is 28.5 Å². The number of methoxy groups -OCH3 is 1. The van der Waals surface area contributed by atoms with Gasteiger partial charge in [0.1, 0.15) is 18.3 Å². The van der Waals surface area contributed by atoms with Crippen molar-refractivity contribution in [3.63, 3.8) is 0 Å². The minimum absolute atomic E-state index is 0.0712. The van der Waals surface area contributed by atoms with Crippen molar-refractivity contribution in [2.75, 3.05) is 18.0 Å². The van der Waals surface area contributed by atoms with Crippen LogP contribution in [0.3, 0.4) is 0 Å². The first-order valence-corrected chi connectivity index (χ1v) is 14.2. The molecule has 3 aromatic rings. The Labute approximate surface area is 231 Å². The van der Waals surface area contributed by atoms with Gasteiger partial charge in [-0.2, -0.15) is 0 Å². The molecule has 3 rings (SSSR count). The van der Waals surface area contributed by atoms with Gasteiger partial charge < -0.3 is 15.0 Å². The van der Waals surface area contributed by atoms with Crippen LogP contribution >= 0.6 is 0 Å². The number of sulfonamides is 1. The molecule has 0 aliphatic carbocycles. The fourth-order valence-electron chi connectivity index (χ4n) is 4.30. The fourth-order valence-corrected chi connectivity index (χ4v) is 5.72. The summed E-state index contributed by atoms with van der Waals surface area (Å²) >= 11 is 0. The number of hydrogen-bond acceptors (Lipinski definition) is 5. The second-order valence-corrected chi connectivity index (χ2v) is 11.7. The van der Waals surface area contributed by atoms with E-state index in [-0.39, 0.29) is 23.4 Å². The lowest BCUT2D eigenvalue weighted by Crippen LogP contribution is -2.52. The largest absolute Gasteiger partial charge is 0.497 e. The topological polar surface area (TPSA) is 96.0 Å². The molecule has 0 radical (unpaired) electrons. The van der Waals surface area contributed by atoms with Crippen LogP contribution in [0.5, 0.6) is 5.75 Å². The number of anilines is 1. The van der Waals surface area contributed by atoms with Crippen molar-refractivity contribution in [1.29, 1.82) is 0 Å². The summed E-state index contributed by atoms with van der Waals surface area (Å²) in [5.41, 5.74) is 2.85. The first kappa shape index (κ1) is 29.7. The molecule has 0 aliphatic heterocycles. The maximum Gasteiger partial charge on any atom is 0.264 e. The van der Waals surface area contributed by atoms with Crippen molar-refractivity contribution in [3.05, 3.63) is 89.5 Å². The second kappa shape index (κ2) is 12.8. The monoisotopic (exact) mass is 551 g/mol. The Hall–Kier alpha value is -3.85. The lowest BCUT2D eigenvalue weighted by atomic mass is 10.1. The van der Waals surface area contributed by atoms with Gasteiger partial charge in [-0.25, -0.2) is 8.42 Å². The van der Waals surface area contributed by atoms with Crippen molar-refractivity contribution in [2.45, 2.75) is 58.1 Å². The molecular weight excluding hydrogens is 514 g/mol. The zero-order valence-corrected chi connectivity index (χ0v) is 24.2. The van der Waals surface area contributed by atoms with Crippen LogP contribution in [0.2, 0.25) is 0 Å². The zero-order valence-electron chi connectivity index (χ0n) is 23.3. The molecular formula is C30H37N3O5S. The quantitative estimate of drug-likeness (QED) is 0.380. The first-order chi connectivity index (χ1) is 18.4. The van der Waals surface area contributed by atoms with Crippen LogP contribution in [0.25, 0.3) is 0 Å². The molecule has 8 nitrogen and oxygen atoms in total. The maximum atomic E-state index is 14.0. The summed E-state index contributed by atoms with van der Waals surface area (Å²) in [5.74, 6) is -0.226. The highest BCUT2D eigenvalue weighted by Crippen LogP contribution is 2.27. The van der Waals surface area contributed by atoms with Gasteiger partial charge in [0, 0.05) is 12.6 Å². The number of hydrogen-bond donors (Lipinski definition) is 1. The predicted octanol–water partition coefficient (Wildman–Crippen LogP) is 4.45. The van der Waals surface area contributed by atoms with E-state index in [0.717, 1.165) is 21.0 Å². The SMILES string of the molecule is COc1cccc(CN(C(=O)CN(c2cc(C)cc(C)c2)S(=O)(=O)c2ccccc2)[C@H](C)C(=O)NC(C)C)c1. The summed E-state index contributed by atoms with van der Waals surface area (Å²) in [4.78, 5) is 28.5. The molecule has 208 valence electrons. The molecule has 3 aromatic carbocycles. The molecule has 39 heavy (non-hydrogen) atoms. The number of nitrogens with one attached hydrogen (secondary N) is 1. The minimum atomic E-state index is -4.10. The Morgan fingerprint density at radius 1 is 0.897 bits per heavy atom. The molecule has 9 heteroatoms. The Morgan fingerprint density at radius 3 is 2.13 bits per heavy atom. The van der Waals surface area contributed by atoms with Crippen molar-refractivity contribution in [2.24, 2.45) is 0 Å². The second-order valence-electron chi connectivity index (χ2n) is 9.88. The average molecular weight is 552 g/mol. The van der Waals surface area contributed by atoms with Crippen LogP contribution < -0.4 is 14.4 Å². The number of amides is 2. The van der Waals surface area contributed by atoms with E-state index in [1.807, 2.05) is 39.8 Å². The van der Waals surface area contributed by atoms with Gasteiger partial charge in [0.2, 0.25) is 11.8 Å². The summed E-state index contributed by atoms with van der Waals surface area (Å²) in [6.45, 7) is 8.68. The average Bonchev–Trinajstić information content (AvgIpc) is 2.89. The number of aryl methyl sites for hydroxylation is 2. The van der Waals surface area contributed by atoms with Crippen molar-refractivity contribution < 1.29 is 22.7 Å². The minimum Gasteiger partial charge on any atom is -0.497 e. The molecule has 0 saturated heterocycles. The Kier molecular flexibility index (Phi) is 9.75. The van der Waals surface area contributed by atoms with Crippen LogP contribution in [0.4, 0.5) is 5.69 Å². The lowest BCUT2D eigenvalue weighted by Gasteiger charge is -2.32. The fraction of sp³-hybridized carbons (Fsp3) is 0.333. The van der Waals surface area contributed by atoms with E-state index in [2.05, 4.69) is 5.32 Å². The molecule has 0 aromatic heterocycles. The van der Waals surface area contributed by atoms with Crippen LogP contribution in [-0.2, 0) is 26.2 Å². The molecule has 0 unspecified atom stereocenters. The first-order valence-electron chi connectivity index (χ1n) is 12.8. The van der Waals surface area contributed by atoms with Gasteiger partial charge in [0.05, 0.1) is 17.7 Å². The van der Waals surface area contributed by atoms with E-state index >= 15 is 0 Å². The summed E-state index contributed by atoms with van der Waals surface area (Å²) < 4.78 is 34.2. The Morgan fingerprint density at radius 2 is 1.54 bits per heavy atom. The van der Waals surface area contributed by atoms with Crippen molar-refractivity contribution in [3.8, 4) is 5.75 Å². The summed E-state index contributed by atoms with van der Waals surface area (Å²) in [6.07, 6.45) is 0. The summed E-state index contributed by atoms with van der Waals surface area (Å²) in [6, 6.07) is 19.7. The number of benzene rings is 3. The summed E-state index contributed by atoms with van der Waals surface area (Å²) in [7, 11) is -2.55. The van der Waals surface area contributed by atoms with Crippen molar-refractivity contribution >= 4 is 27.5 Å². The van der Waals surface area contributed by atoms with E-state index in [0.29, 0.717) is 11.4 Å². The van der Waals surface area contributed by atoms with Crippen LogP contribution in [0.1, 0.15) is 37.5 Å². The van der Waals surface area contributed by atoms with Crippen LogP contribution in [0, 0.1) is 13.8 Å². The van der Waals surface area contributed by atoms with E-state index in [1.165, 1.54) is 17.0 Å². The standard InChI is InChI=1S/C30H37N3O5S/c1-21(2)31-30(35)24(5)32(19-25-11-10-12-27(18-25)38-6)29(34)20-33(26-16-22(3)15-23(4)17-26)39(36,37)28-13-8-7-9-14-28/h7-18,21,24H,19-20H2,1-6H3,(H,31,35)/t24-/m1/s1. The van der Waals surface area contributed by atoms with E-state index in [9.17, 15) is 18.0 Å². The zero-order chi connectivity index (χ0) is 28.7. The van der Waals surface area contributed by atoms with Crippen molar-refractivity contribution in [1.82, 2.24) is 10.2 Å². The molecule has 0 spiro atoms. The van der Waals surface area contributed by atoms with E-state index in [4.69, 9.17) is 4.74 Å². The van der Waals surface area contributed by atoms with Gasteiger partial charge in [-0.15, -0.1) is 0 Å². The highest BCUT2D eigenvalue weighted by atomic mass is 32.2. The maximum absolute atomic E-state index is 14.0. The van der Waals surface area contributed by atoms with Crippen LogP contribution in [-0.4, -0.2) is 50.9 Å². The Bertz CT molecular complexity index is 1390. The molecule has 0 aliphatic rings. The lowest BCUT2D eigenvalue weighted by molar-refractivity contribution is -0.139. The normalized spacial score (nSPS) is 12.1. The van der Waals surface area contributed by atoms with Gasteiger partial charge in [0.15, 0.2) is 0 Å². The van der Waals surface area contributed by atoms with Crippen LogP contribution in [0.15, 0.2) is 77.7 Å². The molecule has 1 N–H and O–H groups in total. The van der Waals surface area contributed by atoms with E-state index in [1.54, 1.807) is 62.6 Å². The van der Waals surface area contributed by atoms with Gasteiger partial charge >= 0.3 is 0 Å². The smallest absolute Gasteiger partial charge is 0.264 e. The number of carbonyl (C=O) groups is 2. The molecule has 0 saturated carbocycles. The van der Waals surface area contributed by atoms with Gasteiger partial charge in [0.25, 0.3) is 10.0 Å². The molecule has 0 fully saturated rings. The van der Waals surface area contributed by atoms with Gasteiger partial charge in [-0.1, -0.05) is 36.4 Å². The molecule has 0 heterocycles. The third-order valence-corrected chi connectivity index (χ3v) is 7.98. The number of carbonyl (C=O) groups excluding carboxylic acids is 2. The van der Waals surface area contributed by atoms with Gasteiger partial charge in [-0.05, 0) is 87.7 Å². The number of ether oxygens (including phenoxy) is 1. The van der Waals surface area contributed by atoms with Gasteiger partial charge in [-0.3, -0.25) is 13.9 Å².